The summed E-state index contributed by atoms with van der Waals surface area (Å²) in [7, 11) is 3.15. The van der Waals surface area contributed by atoms with Crippen LogP contribution in [-0.2, 0) is 14.4 Å². The first-order valence-corrected chi connectivity index (χ1v) is 9.57. The van der Waals surface area contributed by atoms with E-state index < -0.39 is 18.1 Å². The first kappa shape index (κ1) is 19.3. The highest BCUT2D eigenvalue weighted by Crippen LogP contribution is 2.49. The van der Waals surface area contributed by atoms with Gasteiger partial charge in [0.05, 0.1) is 25.9 Å². The normalized spacial score (nSPS) is 23.7. The minimum absolute atomic E-state index is 0.226. The van der Waals surface area contributed by atoms with E-state index in [9.17, 15) is 9.59 Å². The van der Waals surface area contributed by atoms with Crippen molar-refractivity contribution in [3.8, 4) is 11.5 Å². The molecular formula is C22H24N2O5. The molecule has 0 unspecified atom stereocenters. The molecular weight excluding hydrogens is 372 g/mol. The van der Waals surface area contributed by atoms with Crippen LogP contribution in [0, 0.1) is 5.92 Å². The summed E-state index contributed by atoms with van der Waals surface area (Å²) in [5.74, 6) is 0.0300. The summed E-state index contributed by atoms with van der Waals surface area (Å²) >= 11 is 0. The van der Waals surface area contributed by atoms with Gasteiger partial charge in [-0.1, -0.05) is 18.2 Å². The van der Waals surface area contributed by atoms with E-state index in [4.69, 9.17) is 14.3 Å². The van der Waals surface area contributed by atoms with Crippen molar-refractivity contribution >= 4 is 17.5 Å². The van der Waals surface area contributed by atoms with Crippen LogP contribution >= 0.6 is 0 Å². The third kappa shape index (κ3) is 3.02. The predicted octanol–water partition coefficient (Wildman–Crippen LogP) is 2.96. The molecule has 0 aliphatic carbocycles. The van der Waals surface area contributed by atoms with Gasteiger partial charge in [0.25, 0.3) is 5.91 Å². The molecule has 2 aromatic rings. The quantitative estimate of drug-likeness (QED) is 0.724. The monoisotopic (exact) mass is 396 g/mol. The van der Waals surface area contributed by atoms with Crippen molar-refractivity contribution in [2.45, 2.75) is 32.0 Å². The van der Waals surface area contributed by atoms with Crippen LogP contribution < -0.4 is 14.5 Å². The maximum absolute atomic E-state index is 13.3. The molecule has 0 radical (unpaired) electrons. The number of nitrogens with zero attached hydrogens (tertiary/aromatic N) is 2. The molecule has 29 heavy (non-hydrogen) atoms. The molecule has 0 aromatic heterocycles. The first-order chi connectivity index (χ1) is 14.0. The lowest BCUT2D eigenvalue weighted by atomic mass is 9.90. The summed E-state index contributed by atoms with van der Waals surface area (Å²) in [6.07, 6.45) is -0.859. The van der Waals surface area contributed by atoms with Gasteiger partial charge in [0.15, 0.2) is 6.10 Å². The van der Waals surface area contributed by atoms with Crippen LogP contribution in [-0.4, -0.2) is 43.1 Å². The van der Waals surface area contributed by atoms with Gasteiger partial charge in [-0.3, -0.25) is 19.3 Å². The second-order valence-corrected chi connectivity index (χ2v) is 7.41. The standard InChI is InChI=1S/C22H24N2O5/c1-13(2)23-21(25)18-19(16-11-10-15(27-3)12-17(16)28-4)24(29-20(18)22(23)26)14-8-6-5-7-9-14/h5-13,18-20H,1-4H3/t18-,19+,20+/m1/s1. The number of benzene rings is 2. The largest absolute Gasteiger partial charge is 0.497 e. The number of para-hydroxylation sites is 1. The van der Waals surface area contributed by atoms with Crippen molar-refractivity contribution in [3.63, 3.8) is 0 Å². The van der Waals surface area contributed by atoms with Gasteiger partial charge in [0.1, 0.15) is 17.4 Å². The number of carbonyl (C=O) groups is 2. The number of likely N-dealkylation sites (tertiary alicyclic amines) is 1. The molecule has 2 aliphatic heterocycles. The summed E-state index contributed by atoms with van der Waals surface area (Å²) < 4.78 is 10.9. The van der Waals surface area contributed by atoms with Gasteiger partial charge in [0, 0.05) is 17.7 Å². The number of amides is 2. The summed E-state index contributed by atoms with van der Waals surface area (Å²) in [4.78, 5) is 33.6. The van der Waals surface area contributed by atoms with Crippen molar-refractivity contribution in [2.75, 3.05) is 19.3 Å². The lowest BCUT2D eigenvalue weighted by molar-refractivity contribution is -0.145. The average molecular weight is 396 g/mol. The zero-order chi connectivity index (χ0) is 20.7. The zero-order valence-corrected chi connectivity index (χ0v) is 16.9. The van der Waals surface area contributed by atoms with E-state index in [1.807, 2.05) is 56.3 Å². The second kappa shape index (κ2) is 7.40. The Hall–Kier alpha value is -3.06. The Kier molecular flexibility index (Phi) is 4.92. The second-order valence-electron chi connectivity index (χ2n) is 7.41. The van der Waals surface area contributed by atoms with Gasteiger partial charge in [-0.05, 0) is 38.1 Å². The number of anilines is 1. The molecule has 7 heteroatoms. The van der Waals surface area contributed by atoms with E-state index >= 15 is 0 Å². The number of imide groups is 1. The fourth-order valence-corrected chi connectivity index (χ4v) is 4.12. The minimum Gasteiger partial charge on any atom is -0.497 e. The first-order valence-electron chi connectivity index (χ1n) is 9.57. The fourth-order valence-electron chi connectivity index (χ4n) is 4.12. The van der Waals surface area contributed by atoms with Crippen LogP contribution in [0.5, 0.6) is 11.5 Å². The molecule has 2 aromatic carbocycles. The van der Waals surface area contributed by atoms with E-state index in [1.54, 1.807) is 25.3 Å². The average Bonchev–Trinajstić information content (AvgIpc) is 3.24. The number of fused-ring (bicyclic) bond motifs is 1. The van der Waals surface area contributed by atoms with Gasteiger partial charge in [-0.25, -0.2) is 5.06 Å². The smallest absolute Gasteiger partial charge is 0.262 e. The maximum Gasteiger partial charge on any atom is 0.262 e. The van der Waals surface area contributed by atoms with Crippen molar-refractivity contribution in [1.29, 1.82) is 0 Å². The SMILES string of the molecule is COc1ccc([C@H]2[C@H]3C(=O)N(C(C)C)C(=O)[C@H]3ON2c2ccccc2)c(OC)c1. The lowest BCUT2D eigenvalue weighted by Crippen LogP contribution is -2.41. The summed E-state index contributed by atoms with van der Waals surface area (Å²) in [5.41, 5.74) is 1.53. The van der Waals surface area contributed by atoms with E-state index in [0.29, 0.717) is 11.5 Å². The zero-order valence-electron chi connectivity index (χ0n) is 16.9. The summed E-state index contributed by atoms with van der Waals surface area (Å²) in [5, 5.41) is 1.66. The molecule has 2 fully saturated rings. The number of hydrogen-bond acceptors (Lipinski definition) is 6. The molecule has 3 atom stereocenters. The highest BCUT2D eigenvalue weighted by Gasteiger charge is 2.60. The van der Waals surface area contributed by atoms with E-state index in [0.717, 1.165) is 11.3 Å². The van der Waals surface area contributed by atoms with Gasteiger partial charge >= 0.3 is 0 Å². The Morgan fingerprint density at radius 2 is 1.69 bits per heavy atom. The minimum atomic E-state index is -0.859. The van der Waals surface area contributed by atoms with Crippen LogP contribution in [0.25, 0.3) is 0 Å². The third-order valence-corrected chi connectivity index (χ3v) is 5.44. The highest BCUT2D eigenvalue weighted by atomic mass is 16.7. The predicted molar refractivity (Wildman–Crippen MR) is 107 cm³/mol. The number of carbonyl (C=O) groups excluding carboxylic acids is 2. The molecule has 152 valence electrons. The van der Waals surface area contributed by atoms with Crippen LogP contribution in [0.2, 0.25) is 0 Å². The van der Waals surface area contributed by atoms with Crippen LogP contribution in [0.1, 0.15) is 25.5 Å². The molecule has 2 amide bonds. The number of hydrogen-bond donors (Lipinski definition) is 0. The summed E-state index contributed by atoms with van der Waals surface area (Å²) in [6.45, 7) is 3.66. The van der Waals surface area contributed by atoms with Crippen LogP contribution in [0.15, 0.2) is 48.5 Å². The van der Waals surface area contributed by atoms with Gasteiger partial charge < -0.3 is 9.47 Å². The maximum atomic E-state index is 13.3. The van der Waals surface area contributed by atoms with Crippen LogP contribution in [0.4, 0.5) is 5.69 Å². The molecule has 0 saturated carbocycles. The lowest BCUT2D eigenvalue weighted by Gasteiger charge is -2.30. The van der Waals surface area contributed by atoms with Gasteiger partial charge in [0.2, 0.25) is 5.91 Å². The van der Waals surface area contributed by atoms with Crippen molar-refractivity contribution in [2.24, 2.45) is 5.92 Å². The topological polar surface area (TPSA) is 68.3 Å². The fraction of sp³-hybridized carbons (Fsp3) is 0.364. The molecule has 0 bridgehead atoms. The number of methoxy groups -OCH3 is 2. The molecule has 2 saturated heterocycles. The highest BCUT2D eigenvalue weighted by molar-refractivity contribution is 6.08. The summed E-state index contributed by atoms with van der Waals surface area (Å²) in [6, 6.07) is 14.2. The molecule has 2 aliphatic rings. The Morgan fingerprint density at radius 3 is 2.31 bits per heavy atom. The van der Waals surface area contributed by atoms with Crippen molar-refractivity contribution in [3.05, 3.63) is 54.1 Å². The molecule has 4 rings (SSSR count). The number of ether oxygens (including phenoxy) is 2. The van der Waals surface area contributed by atoms with E-state index in [2.05, 4.69) is 0 Å². The number of hydroxylamine groups is 1. The number of rotatable bonds is 5. The van der Waals surface area contributed by atoms with Gasteiger partial charge in [-0.2, -0.15) is 0 Å². The van der Waals surface area contributed by atoms with E-state index in [-0.39, 0.29) is 17.9 Å². The molecule has 2 heterocycles. The van der Waals surface area contributed by atoms with E-state index in [1.165, 1.54) is 4.90 Å². The Labute approximate surface area is 169 Å². The van der Waals surface area contributed by atoms with Gasteiger partial charge in [-0.15, -0.1) is 0 Å². The molecule has 0 spiro atoms. The molecule has 7 nitrogen and oxygen atoms in total. The Balaban J connectivity index is 1.84. The van der Waals surface area contributed by atoms with Crippen molar-refractivity contribution in [1.82, 2.24) is 4.90 Å². The molecule has 0 N–H and O–H groups in total. The van der Waals surface area contributed by atoms with Crippen LogP contribution in [0.3, 0.4) is 0 Å². The Morgan fingerprint density at radius 1 is 0.966 bits per heavy atom. The third-order valence-electron chi connectivity index (χ3n) is 5.44. The van der Waals surface area contributed by atoms with Crippen molar-refractivity contribution < 1.29 is 23.9 Å². The Bertz CT molecular complexity index is 930.